The molecule has 37 heavy (non-hydrogen) atoms. The Morgan fingerprint density at radius 2 is 1.46 bits per heavy atom. The lowest BCUT2D eigenvalue weighted by Crippen LogP contribution is -2.44. The van der Waals surface area contributed by atoms with E-state index >= 15 is 0 Å². The van der Waals surface area contributed by atoms with E-state index in [1.54, 1.807) is 40.5 Å². The molecule has 1 saturated heterocycles. The first-order valence-electron chi connectivity index (χ1n) is 13.2. The smallest absolute Gasteiger partial charge is 0.337 e. The lowest BCUT2D eigenvalue weighted by molar-refractivity contribution is -0.133. The maximum absolute atomic E-state index is 13.1. The normalized spacial score (nSPS) is 18.3. The first kappa shape index (κ1) is 25.1. The molecule has 1 amide bonds. The van der Waals surface area contributed by atoms with Crippen molar-refractivity contribution >= 4 is 5.91 Å². The molecule has 2 fully saturated rings. The summed E-state index contributed by atoms with van der Waals surface area (Å²) in [7, 11) is 3.61. The van der Waals surface area contributed by atoms with Crippen LogP contribution in [-0.2, 0) is 4.79 Å². The summed E-state index contributed by atoms with van der Waals surface area (Å²) in [5.41, 5.74) is 1.44. The van der Waals surface area contributed by atoms with Crippen molar-refractivity contribution in [2.24, 2.45) is 0 Å². The average molecular weight is 505 g/mol. The van der Waals surface area contributed by atoms with E-state index in [2.05, 4.69) is 4.90 Å². The predicted molar refractivity (Wildman–Crippen MR) is 143 cm³/mol. The van der Waals surface area contributed by atoms with Gasteiger partial charge in [0.1, 0.15) is 18.1 Å². The fourth-order valence-electron chi connectivity index (χ4n) is 5.31. The number of likely N-dealkylation sites (tertiary alicyclic amines) is 1. The standard InChI is InChI=1S/C29H36N4O4/c1-30(2)28(34)27-8-5-17-31(27)20-21-36-24-13-9-22(10-14-24)32-18-19-33(29(32)35)23-11-15-26(16-12-23)37-25-6-3-4-7-25/h9-16,18-19,25,27H,3-8,17,20-21H2,1-2H3/t27-/m0/s1. The Bertz CT molecular complexity index is 1240. The topological polar surface area (TPSA) is 68.9 Å². The van der Waals surface area contributed by atoms with Crippen LogP contribution in [0, 0.1) is 0 Å². The summed E-state index contributed by atoms with van der Waals surface area (Å²) in [5, 5.41) is 0. The highest BCUT2D eigenvalue weighted by Gasteiger charge is 2.31. The number of hydrogen-bond acceptors (Lipinski definition) is 5. The lowest BCUT2D eigenvalue weighted by Gasteiger charge is -2.25. The van der Waals surface area contributed by atoms with Crippen molar-refractivity contribution in [3.05, 3.63) is 71.4 Å². The number of benzene rings is 2. The van der Waals surface area contributed by atoms with E-state index in [9.17, 15) is 9.59 Å². The molecule has 0 radical (unpaired) electrons. The molecule has 1 saturated carbocycles. The summed E-state index contributed by atoms with van der Waals surface area (Å²) in [6.07, 6.45) is 10.5. The molecule has 3 aromatic rings. The number of likely N-dealkylation sites (N-methyl/N-ethyl adjacent to an activating group) is 1. The van der Waals surface area contributed by atoms with Gasteiger partial charge in [-0.25, -0.2) is 4.79 Å². The highest BCUT2D eigenvalue weighted by molar-refractivity contribution is 5.81. The Labute approximate surface area is 218 Å². The summed E-state index contributed by atoms with van der Waals surface area (Å²) in [6.45, 7) is 2.13. The van der Waals surface area contributed by atoms with Crippen LogP contribution in [0.3, 0.4) is 0 Å². The van der Waals surface area contributed by atoms with Crippen molar-refractivity contribution in [2.45, 2.75) is 50.7 Å². The lowest BCUT2D eigenvalue weighted by atomic mass is 10.2. The predicted octanol–water partition coefficient (Wildman–Crippen LogP) is 3.88. The van der Waals surface area contributed by atoms with Gasteiger partial charge in [-0.2, -0.15) is 0 Å². The molecule has 2 heterocycles. The molecule has 2 aliphatic rings. The second-order valence-corrected chi connectivity index (χ2v) is 10.1. The van der Waals surface area contributed by atoms with Crippen molar-refractivity contribution in [1.29, 1.82) is 0 Å². The van der Waals surface area contributed by atoms with E-state index in [0.717, 1.165) is 55.1 Å². The van der Waals surface area contributed by atoms with E-state index in [0.29, 0.717) is 19.3 Å². The molecule has 2 aromatic carbocycles. The van der Waals surface area contributed by atoms with Crippen LogP contribution >= 0.6 is 0 Å². The zero-order valence-electron chi connectivity index (χ0n) is 21.7. The Morgan fingerprint density at radius 3 is 2.05 bits per heavy atom. The van der Waals surface area contributed by atoms with Crippen molar-refractivity contribution in [3.63, 3.8) is 0 Å². The molecular formula is C29H36N4O4. The van der Waals surface area contributed by atoms with E-state index < -0.39 is 0 Å². The third-order valence-corrected chi connectivity index (χ3v) is 7.35. The van der Waals surface area contributed by atoms with Gasteiger partial charge in [-0.3, -0.25) is 18.8 Å². The first-order chi connectivity index (χ1) is 18.0. The Balaban J connectivity index is 1.18. The highest BCUT2D eigenvalue weighted by Crippen LogP contribution is 2.25. The molecule has 0 bridgehead atoms. The number of aromatic nitrogens is 2. The summed E-state index contributed by atoms with van der Waals surface area (Å²) in [5.74, 6) is 1.75. The fourth-order valence-corrected chi connectivity index (χ4v) is 5.31. The zero-order valence-corrected chi connectivity index (χ0v) is 21.7. The van der Waals surface area contributed by atoms with E-state index in [4.69, 9.17) is 9.47 Å². The van der Waals surface area contributed by atoms with Crippen molar-refractivity contribution in [1.82, 2.24) is 18.9 Å². The van der Waals surface area contributed by atoms with Gasteiger partial charge in [0.15, 0.2) is 0 Å². The third-order valence-electron chi connectivity index (χ3n) is 7.35. The van der Waals surface area contributed by atoms with Crippen LogP contribution in [0.4, 0.5) is 0 Å². The SMILES string of the molecule is CN(C)C(=O)[C@@H]1CCCN1CCOc1ccc(-n2ccn(-c3ccc(OC4CCCC4)cc3)c2=O)cc1. The second kappa shape index (κ2) is 11.3. The van der Waals surface area contributed by atoms with Gasteiger partial charge in [0.2, 0.25) is 5.91 Å². The third kappa shape index (κ3) is 5.74. The molecule has 0 unspecified atom stereocenters. The Morgan fingerprint density at radius 1 is 0.865 bits per heavy atom. The average Bonchev–Trinajstić information content (AvgIpc) is 3.67. The summed E-state index contributed by atoms with van der Waals surface area (Å²) in [6, 6.07) is 15.2. The molecule has 8 heteroatoms. The van der Waals surface area contributed by atoms with Crippen LogP contribution in [0.25, 0.3) is 11.4 Å². The van der Waals surface area contributed by atoms with Crippen LogP contribution in [0.5, 0.6) is 11.5 Å². The highest BCUT2D eigenvalue weighted by atomic mass is 16.5. The van der Waals surface area contributed by atoms with Gasteiger partial charge >= 0.3 is 5.69 Å². The van der Waals surface area contributed by atoms with Gasteiger partial charge in [-0.05, 0) is 93.6 Å². The van der Waals surface area contributed by atoms with Gasteiger partial charge in [0, 0.05) is 33.0 Å². The van der Waals surface area contributed by atoms with Gasteiger partial charge in [-0.15, -0.1) is 0 Å². The largest absolute Gasteiger partial charge is 0.492 e. The van der Waals surface area contributed by atoms with E-state index in [-0.39, 0.29) is 17.6 Å². The Hall–Kier alpha value is -3.52. The monoisotopic (exact) mass is 504 g/mol. The number of hydrogen-bond donors (Lipinski definition) is 0. The molecule has 8 nitrogen and oxygen atoms in total. The summed E-state index contributed by atoms with van der Waals surface area (Å²) in [4.78, 5) is 29.3. The number of nitrogens with zero attached hydrogens (tertiary/aromatic N) is 4. The maximum Gasteiger partial charge on any atom is 0.337 e. The van der Waals surface area contributed by atoms with Crippen LogP contribution < -0.4 is 15.2 Å². The van der Waals surface area contributed by atoms with Crippen molar-refractivity contribution < 1.29 is 14.3 Å². The number of carbonyl (C=O) groups excluding carboxylic acids is 1. The van der Waals surface area contributed by atoms with Gasteiger partial charge in [0.25, 0.3) is 0 Å². The van der Waals surface area contributed by atoms with E-state index in [1.807, 2.05) is 48.5 Å². The summed E-state index contributed by atoms with van der Waals surface area (Å²) >= 11 is 0. The van der Waals surface area contributed by atoms with Crippen LogP contribution in [0.1, 0.15) is 38.5 Å². The molecule has 1 atom stereocenters. The van der Waals surface area contributed by atoms with Gasteiger partial charge < -0.3 is 14.4 Å². The zero-order chi connectivity index (χ0) is 25.8. The molecule has 1 aliphatic heterocycles. The number of imidazole rings is 1. The second-order valence-electron chi connectivity index (χ2n) is 10.1. The molecule has 0 N–H and O–H groups in total. The molecule has 1 aliphatic carbocycles. The molecule has 5 rings (SSSR count). The van der Waals surface area contributed by atoms with Gasteiger partial charge in [0.05, 0.1) is 23.5 Å². The fraction of sp³-hybridized carbons (Fsp3) is 0.448. The molecular weight excluding hydrogens is 468 g/mol. The number of carbonyl (C=O) groups is 1. The minimum absolute atomic E-state index is 0.0482. The van der Waals surface area contributed by atoms with Gasteiger partial charge in [-0.1, -0.05) is 0 Å². The Kier molecular flexibility index (Phi) is 7.65. The number of ether oxygens (including phenoxy) is 2. The minimum atomic E-state index is -0.135. The summed E-state index contributed by atoms with van der Waals surface area (Å²) < 4.78 is 15.2. The number of rotatable bonds is 9. The quantitative estimate of drug-likeness (QED) is 0.442. The molecule has 196 valence electrons. The van der Waals surface area contributed by atoms with Crippen LogP contribution in [-0.4, -0.2) is 70.8 Å². The van der Waals surface area contributed by atoms with Crippen molar-refractivity contribution in [3.8, 4) is 22.9 Å². The van der Waals surface area contributed by atoms with Crippen LogP contribution in [0.2, 0.25) is 0 Å². The van der Waals surface area contributed by atoms with Crippen LogP contribution in [0.15, 0.2) is 65.7 Å². The number of amides is 1. The first-order valence-corrected chi connectivity index (χ1v) is 13.2. The molecule has 0 spiro atoms. The van der Waals surface area contributed by atoms with E-state index in [1.165, 1.54) is 12.8 Å². The molecule has 1 aromatic heterocycles. The van der Waals surface area contributed by atoms with Crippen molar-refractivity contribution in [2.75, 3.05) is 33.8 Å². The maximum atomic E-state index is 13.1. The minimum Gasteiger partial charge on any atom is -0.492 e.